The minimum atomic E-state index is -0.549. The molecule has 31 heavy (non-hydrogen) atoms. The molecule has 168 valence electrons. The third-order valence-electron chi connectivity index (χ3n) is 4.21. The summed E-state index contributed by atoms with van der Waals surface area (Å²) in [6.45, 7) is 2.12. The van der Waals surface area contributed by atoms with Gasteiger partial charge in [-0.15, -0.1) is 0 Å². The van der Waals surface area contributed by atoms with Crippen LogP contribution in [0.15, 0.2) is 60.7 Å². The molecular weight excluding hydrogens is 400 g/mol. The van der Waals surface area contributed by atoms with Gasteiger partial charge in [-0.3, -0.25) is 9.59 Å². The average molecular weight is 431 g/mol. The number of aliphatic hydroxyl groups is 1. The Hall–Kier alpha value is -3.14. The lowest BCUT2D eigenvalue weighted by atomic mass is 10.2. The highest BCUT2D eigenvalue weighted by atomic mass is 16.6. The van der Waals surface area contributed by atoms with Crippen LogP contribution in [0.5, 0.6) is 0 Å². The number of aliphatic hydroxyl groups excluding tert-OH is 1. The number of hydrogen-bond acceptors (Lipinski definition) is 9. The number of carbonyl (C=O) groups is 2. The maximum Gasteiger partial charge on any atom is 0.308 e. The summed E-state index contributed by atoms with van der Waals surface area (Å²) in [5, 5.41) is 11.8. The predicted molar refractivity (Wildman–Crippen MR) is 114 cm³/mol. The highest BCUT2D eigenvalue weighted by molar-refractivity contribution is 5.72. The second-order valence-corrected chi connectivity index (χ2v) is 6.68. The fourth-order valence-corrected chi connectivity index (χ4v) is 2.62. The Kier molecular flexibility index (Phi) is 13.1. The zero-order chi connectivity index (χ0) is 22.9. The molecule has 0 radical (unpaired) electrons. The van der Waals surface area contributed by atoms with E-state index in [1.165, 1.54) is 11.1 Å². The molecule has 2 heterocycles. The Labute approximate surface area is 181 Å². The zero-order valence-electron chi connectivity index (χ0n) is 17.3. The monoisotopic (exact) mass is 430 g/mol. The fourth-order valence-electron chi connectivity index (χ4n) is 2.62. The van der Waals surface area contributed by atoms with Crippen LogP contribution in [0.25, 0.3) is 0 Å². The van der Waals surface area contributed by atoms with Gasteiger partial charge in [0.25, 0.3) is 0 Å². The second-order valence-electron chi connectivity index (χ2n) is 6.68. The van der Waals surface area contributed by atoms with Gasteiger partial charge in [-0.25, -0.2) is 11.1 Å². The highest BCUT2D eigenvalue weighted by Gasteiger charge is 2.22. The smallest absolute Gasteiger partial charge is 0.308 e. The number of esters is 2. The van der Waals surface area contributed by atoms with Crippen molar-refractivity contribution in [3.05, 3.63) is 71.8 Å². The summed E-state index contributed by atoms with van der Waals surface area (Å²) in [7, 11) is 0. The number of ether oxygens (including phenoxy) is 2. The van der Waals surface area contributed by atoms with Gasteiger partial charge in [0.05, 0.1) is 25.0 Å². The molecule has 9 heteroatoms. The van der Waals surface area contributed by atoms with Crippen molar-refractivity contribution in [1.82, 2.24) is 5.32 Å². The number of nitrogens with two attached hydrogens (primary N) is 1. The standard InChI is InChI=1S/C11H13NO2.C7H9N.C4H6O3.H2N2/c13-11-6-10(8-14-11)12-7-9-4-2-1-3-5-9;8-6-7-4-2-1-3-5-7;5-3-1-4(6)7-2-3;1-2/h1-5,10,12H,6-8H2;1-5H,6,8H2;3,5H,1-2H2;1-2H/t10-;;;/m1.../s1. The number of benzene rings is 2. The first-order valence-corrected chi connectivity index (χ1v) is 9.82. The van der Waals surface area contributed by atoms with Crippen LogP contribution in [0, 0.1) is 11.1 Å². The average Bonchev–Trinajstić information content (AvgIpc) is 3.42. The molecule has 2 atom stereocenters. The molecule has 0 saturated carbocycles. The van der Waals surface area contributed by atoms with Gasteiger partial charge in [0.1, 0.15) is 13.2 Å². The second kappa shape index (κ2) is 15.7. The molecule has 2 fully saturated rings. The van der Waals surface area contributed by atoms with Crippen molar-refractivity contribution in [1.29, 1.82) is 11.1 Å². The first kappa shape index (κ1) is 25.9. The fraction of sp³-hybridized carbons (Fsp3) is 0.364. The van der Waals surface area contributed by atoms with Crippen molar-refractivity contribution < 1.29 is 24.2 Å². The summed E-state index contributed by atoms with van der Waals surface area (Å²) in [5.74, 6) is -0.400. The highest BCUT2D eigenvalue weighted by Crippen LogP contribution is 2.07. The molecular formula is C22H30N4O5. The molecule has 4 rings (SSSR count). The number of nitrogens with one attached hydrogen (secondary N) is 3. The van der Waals surface area contributed by atoms with Gasteiger partial charge in [-0.1, -0.05) is 60.7 Å². The maximum atomic E-state index is 10.8. The summed E-state index contributed by atoms with van der Waals surface area (Å²) in [4.78, 5) is 20.9. The Morgan fingerprint density at radius 2 is 1.39 bits per heavy atom. The first-order chi connectivity index (χ1) is 15.1. The zero-order valence-corrected chi connectivity index (χ0v) is 17.3. The van der Waals surface area contributed by atoms with Crippen LogP contribution in [0.4, 0.5) is 0 Å². The van der Waals surface area contributed by atoms with Gasteiger partial charge in [-0.05, 0) is 11.1 Å². The quantitative estimate of drug-likeness (QED) is 0.367. The number of rotatable bonds is 4. The van der Waals surface area contributed by atoms with Crippen LogP contribution in [-0.4, -0.2) is 42.4 Å². The van der Waals surface area contributed by atoms with E-state index in [-0.39, 0.29) is 31.0 Å². The molecule has 0 aliphatic carbocycles. The van der Waals surface area contributed by atoms with Gasteiger partial charge in [0, 0.05) is 13.1 Å². The van der Waals surface area contributed by atoms with Crippen LogP contribution in [-0.2, 0) is 32.2 Å². The van der Waals surface area contributed by atoms with Crippen LogP contribution in [0.2, 0.25) is 0 Å². The molecule has 2 aliphatic rings. The lowest BCUT2D eigenvalue weighted by Crippen LogP contribution is -2.28. The summed E-state index contributed by atoms with van der Waals surface area (Å²) in [6.07, 6.45) is 0.111. The normalized spacial score (nSPS) is 18.8. The molecule has 0 aromatic heterocycles. The van der Waals surface area contributed by atoms with Gasteiger partial charge < -0.3 is 25.6 Å². The molecule has 6 N–H and O–H groups in total. The molecule has 2 aromatic carbocycles. The van der Waals surface area contributed by atoms with E-state index in [9.17, 15) is 9.59 Å². The van der Waals surface area contributed by atoms with Gasteiger partial charge in [0.2, 0.25) is 0 Å². The van der Waals surface area contributed by atoms with E-state index >= 15 is 0 Å². The lowest BCUT2D eigenvalue weighted by Gasteiger charge is -2.08. The van der Waals surface area contributed by atoms with Crippen LogP contribution < -0.4 is 11.1 Å². The van der Waals surface area contributed by atoms with Crippen molar-refractivity contribution in [3.63, 3.8) is 0 Å². The van der Waals surface area contributed by atoms with Crippen molar-refractivity contribution in [2.75, 3.05) is 13.2 Å². The summed E-state index contributed by atoms with van der Waals surface area (Å²) in [6, 6.07) is 20.3. The molecule has 2 saturated heterocycles. The Morgan fingerprint density at radius 3 is 1.74 bits per heavy atom. The van der Waals surface area contributed by atoms with E-state index in [0.29, 0.717) is 19.6 Å². The predicted octanol–water partition coefficient (Wildman–Crippen LogP) is 2.13. The Balaban J connectivity index is 0.000000241. The lowest BCUT2D eigenvalue weighted by molar-refractivity contribution is -0.138. The maximum absolute atomic E-state index is 10.8. The number of hydrogen-bond donors (Lipinski definition) is 5. The minimum Gasteiger partial charge on any atom is -0.464 e. The molecule has 2 aliphatic heterocycles. The van der Waals surface area contributed by atoms with E-state index in [1.807, 2.05) is 48.5 Å². The van der Waals surface area contributed by atoms with Crippen molar-refractivity contribution >= 4 is 11.9 Å². The van der Waals surface area contributed by atoms with E-state index in [4.69, 9.17) is 26.6 Å². The molecule has 2 aromatic rings. The molecule has 1 unspecified atom stereocenters. The summed E-state index contributed by atoms with van der Waals surface area (Å²) >= 11 is 0. The first-order valence-electron chi connectivity index (χ1n) is 9.82. The third-order valence-corrected chi connectivity index (χ3v) is 4.21. The SMILES string of the molecule is N=N.NCc1ccccc1.O=C1CC(O)CO1.O=C1C[C@@H](NCc2ccccc2)CO1. The van der Waals surface area contributed by atoms with Crippen LogP contribution >= 0.6 is 0 Å². The summed E-state index contributed by atoms with van der Waals surface area (Å²) in [5.41, 5.74) is 17.8. The van der Waals surface area contributed by atoms with Crippen molar-refractivity contribution in [2.45, 2.75) is 38.1 Å². The van der Waals surface area contributed by atoms with E-state index in [0.717, 1.165) is 6.54 Å². The molecule has 0 bridgehead atoms. The van der Waals surface area contributed by atoms with E-state index in [2.05, 4.69) is 22.2 Å². The Bertz CT molecular complexity index is 761. The largest absolute Gasteiger partial charge is 0.464 e. The molecule has 0 spiro atoms. The topological polar surface area (TPSA) is 159 Å². The minimum absolute atomic E-state index is 0.101. The third kappa shape index (κ3) is 11.6. The van der Waals surface area contributed by atoms with Crippen molar-refractivity contribution in [3.8, 4) is 0 Å². The summed E-state index contributed by atoms with van der Waals surface area (Å²) < 4.78 is 9.23. The molecule has 0 amide bonds. The van der Waals surface area contributed by atoms with Gasteiger partial charge >= 0.3 is 11.9 Å². The van der Waals surface area contributed by atoms with Gasteiger partial charge in [-0.2, -0.15) is 0 Å². The number of carbonyl (C=O) groups excluding carboxylic acids is 2. The van der Waals surface area contributed by atoms with E-state index < -0.39 is 6.10 Å². The van der Waals surface area contributed by atoms with Crippen molar-refractivity contribution in [2.24, 2.45) is 5.73 Å². The van der Waals surface area contributed by atoms with Crippen LogP contribution in [0.1, 0.15) is 24.0 Å². The molecule has 9 nitrogen and oxygen atoms in total. The Morgan fingerprint density at radius 1 is 0.871 bits per heavy atom. The van der Waals surface area contributed by atoms with Crippen LogP contribution in [0.3, 0.4) is 0 Å². The van der Waals surface area contributed by atoms with Gasteiger partial charge in [0.15, 0.2) is 0 Å². The van der Waals surface area contributed by atoms with E-state index in [1.54, 1.807) is 0 Å². The number of cyclic esters (lactones) is 2.